The van der Waals surface area contributed by atoms with Crippen LogP contribution in [0.4, 0.5) is 13.2 Å². The van der Waals surface area contributed by atoms with Crippen LogP contribution in [0, 0.1) is 0 Å². The van der Waals surface area contributed by atoms with Crippen LogP contribution < -0.4 is 4.74 Å². The van der Waals surface area contributed by atoms with Crippen molar-refractivity contribution < 1.29 is 31.5 Å². The third-order valence-corrected chi connectivity index (χ3v) is 6.93. The highest BCUT2D eigenvalue weighted by molar-refractivity contribution is 7.53. The Labute approximate surface area is 179 Å². The lowest BCUT2D eigenvalue weighted by Crippen LogP contribution is -2.04. The van der Waals surface area contributed by atoms with Crippen molar-refractivity contribution in [3.05, 3.63) is 58.6 Å². The summed E-state index contributed by atoms with van der Waals surface area (Å²) in [4.78, 5) is 0. The highest BCUT2D eigenvalue weighted by atomic mass is 35.5. The Morgan fingerprint density at radius 1 is 0.933 bits per heavy atom. The molecule has 0 amide bonds. The van der Waals surface area contributed by atoms with Gasteiger partial charge in [-0.2, -0.15) is 13.2 Å². The third kappa shape index (κ3) is 7.62. The van der Waals surface area contributed by atoms with E-state index in [0.29, 0.717) is 16.9 Å². The smallest absolute Gasteiger partial charge is 0.416 e. The molecule has 0 aromatic heterocycles. The van der Waals surface area contributed by atoms with Gasteiger partial charge >= 0.3 is 13.8 Å². The van der Waals surface area contributed by atoms with E-state index in [-0.39, 0.29) is 5.75 Å². The molecule has 0 radical (unpaired) electrons. The van der Waals surface area contributed by atoms with Crippen LogP contribution in [0.15, 0.2) is 42.5 Å². The second-order valence-corrected chi connectivity index (χ2v) is 9.55. The van der Waals surface area contributed by atoms with Crippen LogP contribution in [0.5, 0.6) is 11.5 Å². The van der Waals surface area contributed by atoms with Crippen LogP contribution in [0.1, 0.15) is 36.8 Å². The zero-order chi connectivity index (χ0) is 22.2. The summed E-state index contributed by atoms with van der Waals surface area (Å²) in [5, 5.41) is 0.503. The Morgan fingerprint density at radius 2 is 1.60 bits per heavy atom. The molecule has 0 saturated heterocycles. The first kappa shape index (κ1) is 24.7. The van der Waals surface area contributed by atoms with E-state index in [4.69, 9.17) is 25.4 Å². The molecule has 0 saturated carbocycles. The number of alkyl halides is 3. The molecule has 0 bridgehead atoms. The molecule has 2 aromatic carbocycles. The topological polar surface area (TPSA) is 44.8 Å². The van der Waals surface area contributed by atoms with E-state index in [2.05, 4.69) is 0 Å². The van der Waals surface area contributed by atoms with Crippen LogP contribution in [0.25, 0.3) is 0 Å². The van der Waals surface area contributed by atoms with Gasteiger partial charge in [-0.3, -0.25) is 4.57 Å². The molecule has 30 heavy (non-hydrogen) atoms. The third-order valence-electron chi connectivity index (χ3n) is 4.61. The molecule has 4 nitrogen and oxygen atoms in total. The lowest BCUT2D eigenvalue weighted by Gasteiger charge is -2.13. The number of hydrogen-bond donors (Lipinski definition) is 0. The lowest BCUT2D eigenvalue weighted by molar-refractivity contribution is -0.137. The number of ether oxygens (including phenoxy) is 1. The van der Waals surface area contributed by atoms with Crippen LogP contribution in [0.2, 0.25) is 5.02 Å². The fourth-order valence-corrected chi connectivity index (χ4v) is 4.29. The number of unbranched alkanes of at least 4 members (excludes halogenated alkanes) is 3. The fraction of sp³-hybridized carbons (Fsp3) is 0.429. The molecule has 166 valence electrons. The zero-order valence-corrected chi connectivity index (χ0v) is 18.5. The predicted molar refractivity (Wildman–Crippen MR) is 112 cm³/mol. The van der Waals surface area contributed by atoms with Crippen molar-refractivity contribution in [3.63, 3.8) is 0 Å². The Bertz CT molecular complexity index is 866. The van der Waals surface area contributed by atoms with Gasteiger partial charge in [0.05, 0.1) is 11.7 Å². The van der Waals surface area contributed by atoms with E-state index in [1.54, 1.807) is 12.1 Å². The summed E-state index contributed by atoms with van der Waals surface area (Å²) in [6, 6.07) is 9.81. The van der Waals surface area contributed by atoms with E-state index in [0.717, 1.165) is 49.8 Å². The van der Waals surface area contributed by atoms with Gasteiger partial charge in [0.15, 0.2) is 0 Å². The van der Waals surface area contributed by atoms with Crippen molar-refractivity contribution in [1.29, 1.82) is 0 Å². The summed E-state index contributed by atoms with van der Waals surface area (Å²) in [6.07, 6.45) is 0.202. The number of halogens is 4. The first-order valence-electron chi connectivity index (χ1n) is 9.51. The monoisotopic (exact) mass is 464 g/mol. The van der Waals surface area contributed by atoms with Crippen molar-refractivity contribution in [2.24, 2.45) is 0 Å². The Balaban J connectivity index is 1.84. The SMILES string of the molecule is COP(=O)(CCCCCCc1ccc(Oc2cccc(C(F)(F)F)c2)cc1Cl)OC. The molecule has 0 spiro atoms. The van der Waals surface area contributed by atoms with E-state index in [1.807, 2.05) is 6.07 Å². The molecule has 0 aliphatic rings. The van der Waals surface area contributed by atoms with E-state index < -0.39 is 19.3 Å². The van der Waals surface area contributed by atoms with Gasteiger partial charge in [0.2, 0.25) is 0 Å². The summed E-state index contributed by atoms with van der Waals surface area (Å²) < 4.78 is 65.7. The van der Waals surface area contributed by atoms with E-state index in [1.165, 1.54) is 26.4 Å². The van der Waals surface area contributed by atoms with Crippen molar-refractivity contribution in [2.45, 2.75) is 38.3 Å². The molecular weight excluding hydrogens is 440 g/mol. The van der Waals surface area contributed by atoms with Gasteiger partial charge in [-0.25, -0.2) is 0 Å². The summed E-state index contributed by atoms with van der Waals surface area (Å²) in [7, 11) is -0.177. The number of rotatable bonds is 11. The van der Waals surface area contributed by atoms with Gasteiger partial charge < -0.3 is 13.8 Å². The number of hydrogen-bond acceptors (Lipinski definition) is 4. The molecule has 0 atom stereocenters. The van der Waals surface area contributed by atoms with Crippen LogP contribution in [-0.2, 0) is 26.2 Å². The highest BCUT2D eigenvalue weighted by Gasteiger charge is 2.30. The second kappa shape index (κ2) is 11.2. The Kier molecular flexibility index (Phi) is 9.23. The standard InChI is InChI=1S/C21H25ClF3O4P/c1-27-30(26,28-2)13-6-4-3-5-8-16-11-12-19(15-20(16)22)29-18-10-7-9-17(14-18)21(23,24)25/h7,9-12,14-15H,3-6,8,13H2,1-2H3. The predicted octanol–water partition coefficient (Wildman–Crippen LogP) is 7.74. The summed E-state index contributed by atoms with van der Waals surface area (Å²) in [5.41, 5.74) is 0.169. The Morgan fingerprint density at radius 3 is 2.23 bits per heavy atom. The maximum Gasteiger partial charge on any atom is 0.416 e. The summed E-state index contributed by atoms with van der Waals surface area (Å²) in [6.45, 7) is 0. The van der Waals surface area contributed by atoms with Crippen molar-refractivity contribution in [2.75, 3.05) is 20.4 Å². The van der Waals surface area contributed by atoms with Gasteiger partial charge in [-0.15, -0.1) is 0 Å². The quantitative estimate of drug-likeness (QED) is 0.252. The largest absolute Gasteiger partial charge is 0.457 e. The second-order valence-electron chi connectivity index (χ2n) is 6.74. The van der Waals surface area contributed by atoms with E-state index in [9.17, 15) is 17.7 Å². The average Bonchev–Trinajstić information content (AvgIpc) is 2.71. The van der Waals surface area contributed by atoms with Gasteiger partial charge in [0, 0.05) is 19.2 Å². The van der Waals surface area contributed by atoms with Gasteiger partial charge in [-0.05, 0) is 55.2 Å². The van der Waals surface area contributed by atoms with Crippen molar-refractivity contribution in [1.82, 2.24) is 0 Å². The van der Waals surface area contributed by atoms with Crippen LogP contribution in [0.3, 0.4) is 0 Å². The van der Waals surface area contributed by atoms with Gasteiger partial charge in [0.1, 0.15) is 11.5 Å². The molecule has 2 aromatic rings. The number of benzene rings is 2. The van der Waals surface area contributed by atoms with Crippen molar-refractivity contribution >= 4 is 19.2 Å². The minimum absolute atomic E-state index is 0.0954. The summed E-state index contributed by atoms with van der Waals surface area (Å²) in [5.74, 6) is 0.469. The molecule has 2 rings (SSSR count). The molecule has 0 N–H and O–H groups in total. The molecule has 9 heteroatoms. The molecule has 0 aliphatic carbocycles. The molecular formula is C21H25ClF3O4P. The average molecular weight is 465 g/mol. The molecule has 0 aliphatic heterocycles. The first-order chi connectivity index (χ1) is 14.2. The summed E-state index contributed by atoms with van der Waals surface area (Å²) >= 11 is 6.31. The van der Waals surface area contributed by atoms with Crippen molar-refractivity contribution in [3.8, 4) is 11.5 Å². The zero-order valence-electron chi connectivity index (χ0n) is 16.9. The lowest BCUT2D eigenvalue weighted by atomic mass is 10.1. The number of aryl methyl sites for hydroxylation is 1. The van der Waals surface area contributed by atoms with Crippen LogP contribution >= 0.6 is 19.2 Å². The molecule has 0 fully saturated rings. The Hall–Kier alpha value is -1.53. The normalized spacial score (nSPS) is 12.2. The van der Waals surface area contributed by atoms with Gasteiger partial charge in [0.25, 0.3) is 0 Å². The minimum Gasteiger partial charge on any atom is -0.457 e. The van der Waals surface area contributed by atoms with Gasteiger partial charge in [-0.1, -0.05) is 36.6 Å². The maximum atomic E-state index is 12.8. The first-order valence-corrected chi connectivity index (χ1v) is 11.6. The minimum atomic E-state index is -4.43. The fourth-order valence-electron chi connectivity index (χ4n) is 2.90. The highest BCUT2D eigenvalue weighted by Crippen LogP contribution is 2.47. The molecule has 0 unspecified atom stereocenters. The maximum absolute atomic E-state index is 12.8. The molecule has 0 heterocycles. The van der Waals surface area contributed by atoms with Crippen LogP contribution in [-0.4, -0.2) is 20.4 Å². The van der Waals surface area contributed by atoms with E-state index >= 15 is 0 Å².